The topological polar surface area (TPSA) is 41.5 Å². The van der Waals surface area contributed by atoms with Gasteiger partial charge >= 0.3 is 0 Å². The van der Waals surface area contributed by atoms with Crippen LogP contribution in [0, 0.1) is 0 Å². The van der Waals surface area contributed by atoms with Crippen molar-refractivity contribution in [2.75, 3.05) is 38.3 Å². The van der Waals surface area contributed by atoms with Gasteiger partial charge in [-0.05, 0) is 42.7 Å². The van der Waals surface area contributed by atoms with Crippen LogP contribution in [0.1, 0.15) is 34.0 Å². The molecule has 7 heteroatoms. The molecule has 0 aromatic carbocycles. The van der Waals surface area contributed by atoms with Crippen molar-refractivity contribution in [3.63, 3.8) is 0 Å². The lowest BCUT2D eigenvalue weighted by Crippen LogP contribution is -2.36. The van der Waals surface area contributed by atoms with Crippen molar-refractivity contribution >= 4 is 38.7 Å². The van der Waals surface area contributed by atoms with Gasteiger partial charge in [-0.3, -0.25) is 4.90 Å². The number of thiophene rings is 2. The Balaban J connectivity index is 1.54. The number of nitrogens with zero attached hydrogens (tertiary/aromatic N) is 4. The summed E-state index contributed by atoms with van der Waals surface area (Å²) in [4.78, 5) is 18.9. The van der Waals surface area contributed by atoms with Crippen molar-refractivity contribution in [2.45, 2.75) is 38.8 Å². The molecule has 0 N–H and O–H groups in total. The van der Waals surface area contributed by atoms with Gasteiger partial charge in [-0.2, -0.15) is 0 Å². The largest absolute Gasteiger partial charge is 0.379 e. The van der Waals surface area contributed by atoms with Crippen molar-refractivity contribution < 1.29 is 4.74 Å². The van der Waals surface area contributed by atoms with E-state index in [2.05, 4.69) is 34.4 Å². The lowest BCUT2D eigenvalue weighted by atomic mass is 9.97. The molecule has 1 saturated heterocycles. The molecule has 0 bridgehead atoms. The molecule has 0 atom stereocenters. The van der Waals surface area contributed by atoms with Crippen LogP contribution in [0.2, 0.25) is 0 Å². The zero-order chi connectivity index (χ0) is 18.9. The van der Waals surface area contributed by atoms with Crippen molar-refractivity contribution in [1.82, 2.24) is 14.9 Å². The summed E-state index contributed by atoms with van der Waals surface area (Å²) in [6.45, 7) is 5.24. The minimum atomic E-state index is 0.806. The van der Waals surface area contributed by atoms with E-state index in [1.807, 2.05) is 22.7 Å². The highest BCUT2D eigenvalue weighted by atomic mass is 32.1. The molecule has 28 heavy (non-hydrogen) atoms. The highest BCUT2D eigenvalue weighted by Crippen LogP contribution is 2.40. The maximum Gasteiger partial charge on any atom is 0.146 e. The van der Waals surface area contributed by atoms with Crippen LogP contribution in [0.5, 0.6) is 0 Å². The van der Waals surface area contributed by atoms with Crippen LogP contribution < -0.4 is 4.90 Å². The fourth-order valence-corrected chi connectivity index (χ4v) is 6.23. The fraction of sp³-hybridized carbons (Fsp3) is 0.524. The van der Waals surface area contributed by atoms with E-state index in [0.29, 0.717) is 0 Å². The molecule has 3 aromatic heterocycles. The summed E-state index contributed by atoms with van der Waals surface area (Å²) < 4.78 is 5.50. The number of anilines is 1. The highest BCUT2D eigenvalue weighted by Gasteiger charge is 2.24. The van der Waals surface area contributed by atoms with Gasteiger partial charge in [-0.15, -0.1) is 22.7 Å². The quantitative estimate of drug-likeness (QED) is 0.629. The standard InChI is InChI=1S/C21H26N4OS2/c1-24(13-15-5-4-12-27-15)20-19-16-6-2-3-7-17(16)28-21(19)23-18(22-20)14-25-8-10-26-11-9-25/h4-5,12H,2-3,6-11,13-14H2,1H3. The van der Waals surface area contributed by atoms with Crippen LogP contribution in [-0.2, 0) is 30.7 Å². The number of hydrogen-bond acceptors (Lipinski definition) is 7. The van der Waals surface area contributed by atoms with Crippen LogP contribution in [-0.4, -0.2) is 48.2 Å². The first-order valence-corrected chi connectivity index (χ1v) is 11.8. The first-order valence-electron chi connectivity index (χ1n) is 10.1. The molecule has 0 amide bonds. The molecular weight excluding hydrogens is 388 g/mol. The zero-order valence-corrected chi connectivity index (χ0v) is 17.9. The van der Waals surface area contributed by atoms with Gasteiger partial charge in [0.15, 0.2) is 0 Å². The van der Waals surface area contributed by atoms with Gasteiger partial charge in [0, 0.05) is 29.9 Å². The molecule has 3 aromatic rings. The number of hydrogen-bond donors (Lipinski definition) is 0. The second-order valence-corrected chi connectivity index (χ2v) is 9.79. The Morgan fingerprint density at radius 1 is 1.18 bits per heavy atom. The Labute approximate surface area is 174 Å². The highest BCUT2D eigenvalue weighted by molar-refractivity contribution is 7.19. The Bertz CT molecular complexity index is 947. The zero-order valence-electron chi connectivity index (χ0n) is 16.3. The first kappa shape index (κ1) is 18.5. The minimum absolute atomic E-state index is 0.806. The van der Waals surface area contributed by atoms with Gasteiger partial charge < -0.3 is 9.64 Å². The van der Waals surface area contributed by atoms with Gasteiger partial charge in [0.1, 0.15) is 16.5 Å². The average Bonchev–Trinajstić information content (AvgIpc) is 3.35. The van der Waals surface area contributed by atoms with E-state index in [9.17, 15) is 0 Å². The lowest BCUT2D eigenvalue weighted by molar-refractivity contribution is 0.0331. The number of morpholine rings is 1. The molecule has 2 aliphatic rings. The van der Waals surface area contributed by atoms with Gasteiger partial charge in [-0.25, -0.2) is 9.97 Å². The first-order chi connectivity index (χ1) is 13.8. The van der Waals surface area contributed by atoms with E-state index in [-0.39, 0.29) is 0 Å². The Morgan fingerprint density at radius 2 is 2.04 bits per heavy atom. The van der Waals surface area contributed by atoms with Crippen LogP contribution in [0.15, 0.2) is 17.5 Å². The second-order valence-electron chi connectivity index (χ2n) is 7.68. The molecule has 0 spiro atoms. The summed E-state index contributed by atoms with van der Waals surface area (Å²) in [5.41, 5.74) is 1.51. The Kier molecular flexibility index (Phi) is 5.32. The van der Waals surface area contributed by atoms with Crippen molar-refractivity contribution in [3.05, 3.63) is 38.7 Å². The van der Waals surface area contributed by atoms with Crippen LogP contribution in [0.3, 0.4) is 0 Å². The van der Waals surface area contributed by atoms with E-state index >= 15 is 0 Å². The maximum atomic E-state index is 5.50. The normalized spacial score (nSPS) is 17.8. The molecule has 0 saturated carbocycles. The van der Waals surface area contributed by atoms with Crippen molar-refractivity contribution in [3.8, 4) is 0 Å². The SMILES string of the molecule is CN(Cc1cccs1)c1nc(CN2CCOCC2)nc2sc3c(c12)CCCC3. The number of rotatable bonds is 5. The minimum Gasteiger partial charge on any atom is -0.379 e. The van der Waals surface area contributed by atoms with Crippen LogP contribution in [0.25, 0.3) is 10.2 Å². The van der Waals surface area contributed by atoms with E-state index in [1.165, 1.54) is 51.2 Å². The average molecular weight is 415 g/mol. The molecule has 4 heterocycles. The lowest BCUT2D eigenvalue weighted by Gasteiger charge is -2.26. The summed E-state index contributed by atoms with van der Waals surface area (Å²) in [6.07, 6.45) is 4.95. The van der Waals surface area contributed by atoms with E-state index in [0.717, 1.165) is 51.0 Å². The van der Waals surface area contributed by atoms with Crippen molar-refractivity contribution in [2.24, 2.45) is 0 Å². The number of aryl methyl sites for hydroxylation is 2. The third-order valence-electron chi connectivity index (χ3n) is 5.65. The second kappa shape index (κ2) is 8.06. The summed E-state index contributed by atoms with van der Waals surface area (Å²) in [5.74, 6) is 2.06. The molecule has 1 fully saturated rings. The summed E-state index contributed by atoms with van der Waals surface area (Å²) in [7, 11) is 2.17. The molecule has 0 radical (unpaired) electrons. The van der Waals surface area contributed by atoms with E-state index in [1.54, 1.807) is 0 Å². The van der Waals surface area contributed by atoms with Gasteiger partial charge in [0.05, 0.1) is 31.7 Å². The van der Waals surface area contributed by atoms with Gasteiger partial charge in [-0.1, -0.05) is 6.07 Å². The molecule has 148 valence electrons. The van der Waals surface area contributed by atoms with Crippen molar-refractivity contribution in [1.29, 1.82) is 0 Å². The number of fused-ring (bicyclic) bond motifs is 3. The third kappa shape index (κ3) is 3.68. The summed E-state index contributed by atoms with van der Waals surface area (Å²) in [6, 6.07) is 4.33. The van der Waals surface area contributed by atoms with E-state index in [4.69, 9.17) is 14.7 Å². The molecular formula is C21H26N4OS2. The molecule has 0 unspecified atom stereocenters. The van der Waals surface area contributed by atoms with Crippen LogP contribution in [0.4, 0.5) is 5.82 Å². The smallest absolute Gasteiger partial charge is 0.146 e. The molecule has 1 aliphatic carbocycles. The van der Waals surface area contributed by atoms with Crippen LogP contribution >= 0.6 is 22.7 Å². The van der Waals surface area contributed by atoms with Gasteiger partial charge in [0.25, 0.3) is 0 Å². The monoisotopic (exact) mass is 414 g/mol. The summed E-state index contributed by atoms with van der Waals surface area (Å²) in [5, 5.41) is 3.46. The molecule has 5 nitrogen and oxygen atoms in total. The predicted octanol–water partition coefficient (Wildman–Crippen LogP) is 4.10. The number of aromatic nitrogens is 2. The number of ether oxygens (including phenoxy) is 1. The van der Waals surface area contributed by atoms with E-state index < -0.39 is 0 Å². The summed E-state index contributed by atoms with van der Waals surface area (Å²) >= 11 is 3.71. The Hall–Kier alpha value is -1.54. The predicted molar refractivity (Wildman–Crippen MR) is 117 cm³/mol. The third-order valence-corrected chi connectivity index (χ3v) is 7.69. The molecule has 1 aliphatic heterocycles. The Morgan fingerprint density at radius 3 is 2.86 bits per heavy atom. The maximum absolute atomic E-state index is 5.50. The fourth-order valence-electron chi connectivity index (χ4n) is 4.20. The van der Waals surface area contributed by atoms with Gasteiger partial charge in [0.2, 0.25) is 0 Å². The molecule has 5 rings (SSSR count).